The number of benzene rings is 1. The van der Waals surface area contributed by atoms with E-state index in [9.17, 15) is 10.1 Å². The molecule has 1 aliphatic heterocycles. The number of anilines is 1. The largest absolute Gasteiger partial charge is 0.352 e. The van der Waals surface area contributed by atoms with Gasteiger partial charge < -0.3 is 9.80 Å². The second-order valence-corrected chi connectivity index (χ2v) is 7.60. The van der Waals surface area contributed by atoms with Crippen molar-refractivity contribution in [2.45, 2.75) is 26.2 Å². The predicted molar refractivity (Wildman–Crippen MR) is 102 cm³/mol. The Hall–Kier alpha value is -2.87. The minimum absolute atomic E-state index is 0.0155. The first-order valence-electron chi connectivity index (χ1n) is 8.90. The lowest BCUT2D eigenvalue weighted by Crippen LogP contribution is -2.49. The van der Waals surface area contributed by atoms with Gasteiger partial charge in [-0.3, -0.25) is 4.79 Å². The van der Waals surface area contributed by atoms with E-state index >= 15 is 0 Å². The van der Waals surface area contributed by atoms with Crippen LogP contribution < -0.4 is 4.90 Å². The van der Waals surface area contributed by atoms with Crippen LogP contribution in [-0.4, -0.2) is 42.0 Å². The van der Waals surface area contributed by atoms with Gasteiger partial charge in [0.15, 0.2) is 0 Å². The van der Waals surface area contributed by atoms with E-state index in [0.29, 0.717) is 37.6 Å². The first-order chi connectivity index (χ1) is 12.4. The molecular weight excluding hydrogens is 324 g/mol. The molecule has 5 heteroatoms. The van der Waals surface area contributed by atoms with Gasteiger partial charge in [0.25, 0.3) is 5.91 Å². The Labute approximate surface area is 154 Å². The van der Waals surface area contributed by atoms with Gasteiger partial charge in [0.05, 0.1) is 5.56 Å². The van der Waals surface area contributed by atoms with Crippen molar-refractivity contribution in [2.75, 3.05) is 31.1 Å². The van der Waals surface area contributed by atoms with Gasteiger partial charge in [0.1, 0.15) is 11.9 Å². The highest BCUT2D eigenvalue weighted by Crippen LogP contribution is 2.24. The van der Waals surface area contributed by atoms with Gasteiger partial charge in [-0.15, -0.1) is 0 Å². The van der Waals surface area contributed by atoms with Gasteiger partial charge in [-0.2, -0.15) is 5.26 Å². The molecule has 1 amide bonds. The maximum atomic E-state index is 12.9. The lowest BCUT2D eigenvalue weighted by atomic mass is 9.86. The number of nitriles is 1. The summed E-state index contributed by atoms with van der Waals surface area (Å²) in [5, 5.41) is 9.25. The van der Waals surface area contributed by atoms with E-state index in [1.165, 1.54) is 0 Å². The van der Waals surface area contributed by atoms with Crippen molar-refractivity contribution >= 4 is 11.7 Å². The molecule has 0 radical (unpaired) electrons. The topological polar surface area (TPSA) is 60.2 Å². The summed E-state index contributed by atoms with van der Waals surface area (Å²) in [4.78, 5) is 21.2. The monoisotopic (exact) mass is 348 g/mol. The minimum atomic E-state index is 0.0155. The second kappa shape index (κ2) is 7.17. The second-order valence-electron chi connectivity index (χ2n) is 7.60. The molecule has 2 aromatic rings. The van der Waals surface area contributed by atoms with E-state index in [4.69, 9.17) is 0 Å². The molecule has 3 rings (SSSR count). The predicted octanol–water partition coefficient (Wildman–Crippen LogP) is 3.21. The number of pyridine rings is 1. The van der Waals surface area contributed by atoms with Gasteiger partial charge in [-0.1, -0.05) is 32.9 Å². The molecule has 134 valence electrons. The minimum Gasteiger partial charge on any atom is -0.352 e. The summed E-state index contributed by atoms with van der Waals surface area (Å²) in [5.74, 6) is 0.772. The summed E-state index contributed by atoms with van der Waals surface area (Å²) in [7, 11) is 0. The van der Waals surface area contributed by atoms with Crippen molar-refractivity contribution in [3.63, 3.8) is 0 Å². The zero-order valence-corrected chi connectivity index (χ0v) is 15.6. The Morgan fingerprint density at radius 2 is 1.85 bits per heavy atom. The first kappa shape index (κ1) is 17.9. The number of piperazine rings is 1. The van der Waals surface area contributed by atoms with E-state index in [2.05, 4.69) is 42.8 Å². The molecular formula is C21H24N4O. The van der Waals surface area contributed by atoms with Gasteiger partial charge in [0, 0.05) is 37.9 Å². The number of hydrogen-bond acceptors (Lipinski definition) is 4. The summed E-state index contributed by atoms with van der Waals surface area (Å²) in [6.45, 7) is 9.05. The third kappa shape index (κ3) is 3.70. The van der Waals surface area contributed by atoms with E-state index in [0.717, 1.165) is 11.1 Å². The molecule has 1 saturated heterocycles. The smallest absolute Gasteiger partial charge is 0.253 e. The Bertz CT molecular complexity index is 840. The van der Waals surface area contributed by atoms with Crippen LogP contribution in [0.2, 0.25) is 0 Å². The van der Waals surface area contributed by atoms with E-state index in [1.54, 1.807) is 18.3 Å². The van der Waals surface area contributed by atoms with Crippen molar-refractivity contribution in [1.29, 1.82) is 5.26 Å². The fourth-order valence-corrected chi connectivity index (χ4v) is 3.16. The number of rotatable bonds is 2. The van der Waals surface area contributed by atoms with Crippen LogP contribution in [-0.2, 0) is 5.41 Å². The molecule has 26 heavy (non-hydrogen) atoms. The van der Waals surface area contributed by atoms with Crippen molar-refractivity contribution in [3.05, 3.63) is 59.3 Å². The van der Waals surface area contributed by atoms with E-state index in [-0.39, 0.29) is 11.3 Å². The lowest BCUT2D eigenvalue weighted by Gasteiger charge is -2.35. The highest BCUT2D eigenvalue weighted by atomic mass is 16.2. The SMILES string of the molecule is CC(C)(C)c1cccc(C(=O)N2CCN(c3ncccc3C#N)CC2)c1. The molecule has 1 aromatic heterocycles. The highest BCUT2D eigenvalue weighted by Gasteiger charge is 2.25. The van der Waals surface area contributed by atoms with E-state index in [1.807, 2.05) is 23.1 Å². The first-order valence-corrected chi connectivity index (χ1v) is 8.90. The van der Waals surface area contributed by atoms with Crippen LogP contribution in [0.1, 0.15) is 42.3 Å². The Kier molecular flexibility index (Phi) is 4.94. The van der Waals surface area contributed by atoms with Crippen LogP contribution >= 0.6 is 0 Å². The summed E-state index contributed by atoms with van der Waals surface area (Å²) in [5.41, 5.74) is 2.49. The van der Waals surface area contributed by atoms with Gasteiger partial charge in [-0.05, 0) is 35.2 Å². The van der Waals surface area contributed by atoms with Crippen LogP contribution in [0.3, 0.4) is 0 Å². The summed E-state index contributed by atoms with van der Waals surface area (Å²) in [6, 6.07) is 13.6. The summed E-state index contributed by atoms with van der Waals surface area (Å²) in [6.07, 6.45) is 1.70. The normalized spacial score (nSPS) is 14.8. The Morgan fingerprint density at radius 1 is 1.12 bits per heavy atom. The highest BCUT2D eigenvalue weighted by molar-refractivity contribution is 5.94. The molecule has 1 fully saturated rings. The standard InChI is InChI=1S/C21H24N4O/c1-21(2,3)18-8-4-6-16(14-18)20(26)25-12-10-24(11-13-25)19-17(15-22)7-5-9-23-19/h4-9,14H,10-13H2,1-3H3. The van der Waals surface area contributed by atoms with Crippen LogP contribution in [0.4, 0.5) is 5.82 Å². The third-order valence-electron chi connectivity index (χ3n) is 4.75. The number of carbonyl (C=O) groups is 1. The quantitative estimate of drug-likeness (QED) is 0.836. The number of hydrogen-bond donors (Lipinski definition) is 0. The Balaban J connectivity index is 1.70. The van der Waals surface area contributed by atoms with Crippen LogP contribution in [0.25, 0.3) is 0 Å². The van der Waals surface area contributed by atoms with Crippen LogP contribution in [0.5, 0.6) is 0 Å². The fourth-order valence-electron chi connectivity index (χ4n) is 3.16. The summed E-state index contributed by atoms with van der Waals surface area (Å²) >= 11 is 0. The van der Waals surface area contributed by atoms with Crippen molar-refractivity contribution in [2.24, 2.45) is 0 Å². The zero-order valence-electron chi connectivity index (χ0n) is 15.6. The maximum absolute atomic E-state index is 12.9. The number of nitrogens with zero attached hydrogens (tertiary/aromatic N) is 4. The zero-order chi connectivity index (χ0) is 18.7. The van der Waals surface area contributed by atoms with Crippen molar-refractivity contribution < 1.29 is 4.79 Å². The maximum Gasteiger partial charge on any atom is 0.253 e. The Morgan fingerprint density at radius 3 is 2.50 bits per heavy atom. The molecule has 1 aliphatic rings. The third-order valence-corrected chi connectivity index (χ3v) is 4.75. The molecule has 0 unspecified atom stereocenters. The average molecular weight is 348 g/mol. The average Bonchev–Trinajstić information content (AvgIpc) is 2.67. The van der Waals surface area contributed by atoms with E-state index < -0.39 is 0 Å². The molecule has 0 saturated carbocycles. The van der Waals surface area contributed by atoms with Gasteiger partial charge in [0.2, 0.25) is 0 Å². The summed E-state index contributed by atoms with van der Waals surface area (Å²) < 4.78 is 0. The molecule has 0 spiro atoms. The lowest BCUT2D eigenvalue weighted by molar-refractivity contribution is 0.0746. The number of amides is 1. The number of carbonyl (C=O) groups excluding carboxylic acids is 1. The van der Waals surface area contributed by atoms with Crippen LogP contribution in [0.15, 0.2) is 42.6 Å². The van der Waals surface area contributed by atoms with Crippen LogP contribution in [0, 0.1) is 11.3 Å². The fraction of sp³-hybridized carbons (Fsp3) is 0.381. The molecule has 5 nitrogen and oxygen atoms in total. The molecule has 0 aliphatic carbocycles. The molecule has 2 heterocycles. The van der Waals surface area contributed by atoms with Gasteiger partial charge >= 0.3 is 0 Å². The molecule has 0 atom stereocenters. The molecule has 0 bridgehead atoms. The molecule has 0 N–H and O–H groups in total. The van der Waals surface area contributed by atoms with Crippen molar-refractivity contribution in [1.82, 2.24) is 9.88 Å². The number of aromatic nitrogens is 1. The van der Waals surface area contributed by atoms with Crippen molar-refractivity contribution in [3.8, 4) is 6.07 Å². The molecule has 1 aromatic carbocycles. The van der Waals surface area contributed by atoms with Gasteiger partial charge in [-0.25, -0.2) is 4.98 Å².